The SMILES string of the molecule is COc1cc2c(c(Br)c1OCC(C)(C)O)CCN1C[C@@H](OC(C)(C)C)[C@H](O)C[C@H]21. The fraction of sp³-hybridized carbons (Fsp3) is 0.727. The monoisotopic (exact) mass is 471 g/mol. The van der Waals surface area contributed by atoms with E-state index in [9.17, 15) is 10.2 Å². The minimum absolute atomic E-state index is 0.113. The Labute approximate surface area is 182 Å². The molecule has 0 bridgehead atoms. The number of fused-ring (bicyclic) bond motifs is 3. The first-order chi connectivity index (χ1) is 13.4. The first kappa shape index (κ1) is 22.8. The lowest BCUT2D eigenvalue weighted by Crippen LogP contribution is -2.53. The lowest BCUT2D eigenvalue weighted by atomic mass is 9.84. The Morgan fingerprint density at radius 1 is 1.24 bits per heavy atom. The van der Waals surface area contributed by atoms with Gasteiger partial charge in [-0.25, -0.2) is 0 Å². The Balaban J connectivity index is 1.89. The number of aliphatic hydroxyl groups excluding tert-OH is 1. The summed E-state index contributed by atoms with van der Waals surface area (Å²) in [6, 6.07) is 2.14. The predicted octanol–water partition coefficient (Wildman–Crippen LogP) is 3.45. The molecular weight excluding hydrogens is 438 g/mol. The van der Waals surface area contributed by atoms with Gasteiger partial charge in [0.05, 0.1) is 35.0 Å². The molecule has 0 radical (unpaired) electrons. The molecule has 2 heterocycles. The molecular formula is C22H34BrNO5. The van der Waals surface area contributed by atoms with Crippen LogP contribution in [0.2, 0.25) is 0 Å². The van der Waals surface area contributed by atoms with Crippen LogP contribution in [0.15, 0.2) is 10.5 Å². The van der Waals surface area contributed by atoms with E-state index >= 15 is 0 Å². The van der Waals surface area contributed by atoms with Gasteiger partial charge < -0.3 is 24.4 Å². The highest BCUT2D eigenvalue weighted by molar-refractivity contribution is 9.10. The summed E-state index contributed by atoms with van der Waals surface area (Å²) in [6.45, 7) is 11.3. The van der Waals surface area contributed by atoms with Crippen molar-refractivity contribution in [3.05, 3.63) is 21.7 Å². The molecule has 2 aliphatic heterocycles. The summed E-state index contributed by atoms with van der Waals surface area (Å²) in [7, 11) is 1.62. The topological polar surface area (TPSA) is 71.4 Å². The third-order valence-electron chi connectivity index (χ3n) is 5.37. The molecule has 1 aromatic carbocycles. The van der Waals surface area contributed by atoms with E-state index in [0.29, 0.717) is 24.5 Å². The van der Waals surface area contributed by atoms with Crippen molar-refractivity contribution in [3.8, 4) is 11.5 Å². The molecule has 0 aliphatic carbocycles. The average Bonchev–Trinajstić information content (AvgIpc) is 2.59. The van der Waals surface area contributed by atoms with Gasteiger partial charge in [-0.2, -0.15) is 0 Å². The second-order valence-corrected chi connectivity index (χ2v) is 10.5. The van der Waals surface area contributed by atoms with Gasteiger partial charge in [0.2, 0.25) is 0 Å². The fourth-order valence-electron chi connectivity index (χ4n) is 4.16. The fourth-order valence-corrected chi connectivity index (χ4v) is 4.89. The van der Waals surface area contributed by atoms with E-state index in [0.717, 1.165) is 23.0 Å². The van der Waals surface area contributed by atoms with Crippen LogP contribution in [-0.4, -0.2) is 65.3 Å². The summed E-state index contributed by atoms with van der Waals surface area (Å²) in [5.41, 5.74) is 1.11. The van der Waals surface area contributed by atoms with Gasteiger partial charge in [0.1, 0.15) is 6.61 Å². The number of methoxy groups -OCH3 is 1. The van der Waals surface area contributed by atoms with Gasteiger partial charge in [-0.15, -0.1) is 0 Å². The van der Waals surface area contributed by atoms with Crippen LogP contribution in [0.1, 0.15) is 58.2 Å². The molecule has 2 N–H and O–H groups in total. The van der Waals surface area contributed by atoms with Crippen LogP contribution in [0, 0.1) is 0 Å². The summed E-state index contributed by atoms with van der Waals surface area (Å²) >= 11 is 3.72. The molecule has 0 spiro atoms. The Hall–Kier alpha value is -0.860. The molecule has 0 saturated carbocycles. The molecule has 1 aromatic rings. The number of benzene rings is 1. The summed E-state index contributed by atoms with van der Waals surface area (Å²) in [5, 5.41) is 20.8. The van der Waals surface area contributed by atoms with Crippen LogP contribution in [0.5, 0.6) is 11.5 Å². The van der Waals surface area contributed by atoms with Crippen LogP contribution in [0.4, 0.5) is 0 Å². The van der Waals surface area contributed by atoms with E-state index in [2.05, 4.69) is 20.8 Å². The molecule has 3 rings (SSSR count). The summed E-state index contributed by atoms with van der Waals surface area (Å²) in [4.78, 5) is 2.40. The molecule has 2 aliphatic rings. The molecule has 0 aromatic heterocycles. The highest BCUT2D eigenvalue weighted by atomic mass is 79.9. The second-order valence-electron chi connectivity index (χ2n) is 9.72. The Morgan fingerprint density at radius 2 is 1.93 bits per heavy atom. The number of ether oxygens (including phenoxy) is 3. The molecule has 1 saturated heterocycles. The first-order valence-electron chi connectivity index (χ1n) is 10.2. The predicted molar refractivity (Wildman–Crippen MR) is 116 cm³/mol. The lowest BCUT2D eigenvalue weighted by molar-refractivity contribution is -0.149. The molecule has 7 heteroatoms. The quantitative estimate of drug-likeness (QED) is 0.684. The highest BCUT2D eigenvalue weighted by Crippen LogP contribution is 2.47. The summed E-state index contributed by atoms with van der Waals surface area (Å²) in [6.07, 6.45) is 0.783. The lowest BCUT2D eigenvalue weighted by Gasteiger charge is -2.47. The molecule has 3 atom stereocenters. The van der Waals surface area contributed by atoms with Crippen molar-refractivity contribution in [1.82, 2.24) is 4.90 Å². The van der Waals surface area contributed by atoms with E-state index in [1.807, 2.05) is 26.8 Å². The largest absolute Gasteiger partial charge is 0.493 e. The number of nitrogens with zero attached hydrogens (tertiary/aromatic N) is 1. The van der Waals surface area contributed by atoms with Crippen LogP contribution >= 0.6 is 15.9 Å². The minimum atomic E-state index is -0.938. The van der Waals surface area contributed by atoms with Crippen LogP contribution < -0.4 is 9.47 Å². The maximum Gasteiger partial charge on any atom is 0.175 e. The van der Waals surface area contributed by atoms with E-state index in [-0.39, 0.29) is 24.4 Å². The van der Waals surface area contributed by atoms with Gasteiger partial charge in [-0.1, -0.05) is 0 Å². The number of hydrogen-bond acceptors (Lipinski definition) is 6. The van der Waals surface area contributed by atoms with Gasteiger partial charge in [0.25, 0.3) is 0 Å². The number of hydrogen-bond donors (Lipinski definition) is 2. The van der Waals surface area contributed by atoms with Gasteiger partial charge in [-0.3, -0.25) is 4.90 Å². The number of rotatable bonds is 5. The van der Waals surface area contributed by atoms with Crippen LogP contribution in [0.25, 0.3) is 0 Å². The van der Waals surface area contributed by atoms with Gasteiger partial charge in [0, 0.05) is 19.1 Å². The van der Waals surface area contributed by atoms with Crippen molar-refractivity contribution in [2.75, 3.05) is 26.8 Å². The van der Waals surface area contributed by atoms with Crippen LogP contribution in [-0.2, 0) is 11.2 Å². The molecule has 6 nitrogen and oxygen atoms in total. The third kappa shape index (κ3) is 5.25. The van der Waals surface area contributed by atoms with Gasteiger partial charge in [-0.05, 0) is 80.6 Å². The third-order valence-corrected chi connectivity index (χ3v) is 6.21. The highest BCUT2D eigenvalue weighted by Gasteiger charge is 2.41. The van der Waals surface area contributed by atoms with Crippen LogP contribution in [0.3, 0.4) is 0 Å². The normalized spacial score (nSPS) is 25.3. The van der Waals surface area contributed by atoms with E-state index in [1.54, 1.807) is 21.0 Å². The second kappa shape index (κ2) is 8.35. The summed E-state index contributed by atoms with van der Waals surface area (Å²) < 4.78 is 18.5. The van der Waals surface area contributed by atoms with Crippen molar-refractivity contribution >= 4 is 15.9 Å². The number of aliphatic hydroxyl groups is 2. The van der Waals surface area contributed by atoms with E-state index < -0.39 is 11.7 Å². The maximum absolute atomic E-state index is 10.8. The van der Waals surface area contributed by atoms with Crippen molar-refractivity contribution in [2.24, 2.45) is 0 Å². The van der Waals surface area contributed by atoms with E-state index in [1.165, 1.54) is 5.56 Å². The van der Waals surface area contributed by atoms with Crippen molar-refractivity contribution in [1.29, 1.82) is 0 Å². The first-order valence-corrected chi connectivity index (χ1v) is 11.0. The van der Waals surface area contributed by atoms with Gasteiger partial charge in [0.15, 0.2) is 11.5 Å². The zero-order chi connectivity index (χ0) is 21.6. The Kier molecular flexibility index (Phi) is 6.57. The van der Waals surface area contributed by atoms with Crippen molar-refractivity contribution < 1.29 is 24.4 Å². The standard InChI is InChI=1S/C22H34BrNO5/c1-21(2,3)29-18-11-24-8-7-13-14(15(24)10-16(18)25)9-17(27-6)20(19(13)23)28-12-22(4,5)26/h9,15-16,18,25-26H,7-8,10-12H2,1-6H3/t15-,16-,18-/m1/s1. The zero-order valence-electron chi connectivity index (χ0n) is 18.3. The average molecular weight is 472 g/mol. The smallest absolute Gasteiger partial charge is 0.175 e. The number of piperidine rings is 1. The number of halogens is 1. The minimum Gasteiger partial charge on any atom is -0.493 e. The van der Waals surface area contributed by atoms with Gasteiger partial charge >= 0.3 is 0 Å². The molecule has 1 fully saturated rings. The van der Waals surface area contributed by atoms with Crippen molar-refractivity contribution in [2.45, 2.75) is 76.9 Å². The van der Waals surface area contributed by atoms with Crippen molar-refractivity contribution in [3.63, 3.8) is 0 Å². The van der Waals surface area contributed by atoms with E-state index in [4.69, 9.17) is 14.2 Å². The summed E-state index contributed by atoms with van der Waals surface area (Å²) in [5.74, 6) is 1.25. The molecule has 0 unspecified atom stereocenters. The Bertz CT molecular complexity index is 740. The molecule has 29 heavy (non-hydrogen) atoms. The Morgan fingerprint density at radius 3 is 2.52 bits per heavy atom. The maximum atomic E-state index is 10.8. The molecule has 0 amide bonds. The molecule has 164 valence electrons. The zero-order valence-corrected chi connectivity index (χ0v) is 19.9.